The number of piperidine rings is 3. The van der Waals surface area contributed by atoms with Crippen molar-refractivity contribution in [3.05, 3.63) is 23.9 Å². The molecule has 3 fully saturated rings. The number of aromatic nitrogens is 2. The molecule has 25 heavy (non-hydrogen) atoms. The lowest BCUT2D eigenvalue weighted by atomic mass is 9.86. The van der Waals surface area contributed by atoms with E-state index in [1.165, 1.54) is 6.07 Å². The molecule has 1 N–H and O–H groups in total. The van der Waals surface area contributed by atoms with Crippen LogP contribution in [-0.4, -0.2) is 53.2 Å². The summed E-state index contributed by atoms with van der Waals surface area (Å²) in [6.45, 7) is 2.79. The number of H-pyrrole nitrogens is 1. The van der Waals surface area contributed by atoms with Gasteiger partial charge in [0.1, 0.15) is 11.9 Å². The molecule has 6 nitrogen and oxygen atoms in total. The third-order valence-corrected chi connectivity index (χ3v) is 4.82. The third-order valence-electron chi connectivity index (χ3n) is 4.82. The van der Waals surface area contributed by atoms with Gasteiger partial charge in [0.25, 0.3) is 0 Å². The van der Waals surface area contributed by atoms with E-state index in [2.05, 4.69) is 19.8 Å². The van der Waals surface area contributed by atoms with Crippen molar-refractivity contribution in [3.63, 3.8) is 0 Å². The van der Waals surface area contributed by atoms with Crippen LogP contribution < -0.4 is 4.74 Å². The molecule has 1 aromatic heterocycles. The van der Waals surface area contributed by atoms with Gasteiger partial charge in [-0.15, -0.1) is 13.2 Å². The zero-order valence-electron chi connectivity index (χ0n) is 13.2. The molecule has 4 heterocycles. The Bertz CT molecular complexity index is 797. The average molecular weight is 355 g/mol. The molecule has 0 amide bonds. The van der Waals surface area contributed by atoms with Gasteiger partial charge in [-0.1, -0.05) is 0 Å². The van der Waals surface area contributed by atoms with Crippen LogP contribution in [0.5, 0.6) is 5.75 Å². The molecule has 0 radical (unpaired) electrons. The van der Waals surface area contributed by atoms with Crippen molar-refractivity contribution >= 4 is 16.9 Å². The van der Waals surface area contributed by atoms with Crippen LogP contribution in [0.4, 0.5) is 13.2 Å². The molecular weight excluding hydrogens is 339 g/mol. The number of alkyl halides is 3. The summed E-state index contributed by atoms with van der Waals surface area (Å²) in [5.41, 5.74) is 0.354. The molecule has 134 valence electrons. The van der Waals surface area contributed by atoms with E-state index < -0.39 is 12.3 Å². The number of fused-ring (bicyclic) bond motifs is 4. The monoisotopic (exact) mass is 355 g/mol. The second-order valence-corrected chi connectivity index (χ2v) is 6.41. The van der Waals surface area contributed by atoms with Gasteiger partial charge in [0.2, 0.25) is 0 Å². The Morgan fingerprint density at radius 2 is 2.04 bits per heavy atom. The summed E-state index contributed by atoms with van der Waals surface area (Å²) >= 11 is 0. The average Bonchev–Trinajstić information content (AvgIpc) is 2.97. The second-order valence-electron chi connectivity index (χ2n) is 6.41. The van der Waals surface area contributed by atoms with Crippen molar-refractivity contribution in [2.75, 3.05) is 19.6 Å². The van der Waals surface area contributed by atoms with Gasteiger partial charge in [0.05, 0.1) is 5.52 Å². The first-order chi connectivity index (χ1) is 11.9. The highest BCUT2D eigenvalue weighted by Crippen LogP contribution is 2.31. The minimum Gasteiger partial charge on any atom is -0.456 e. The minimum absolute atomic E-state index is 0.0741. The molecule has 1 aromatic carbocycles. The molecular formula is C16H16F3N3O3. The maximum atomic E-state index is 12.4. The van der Waals surface area contributed by atoms with Crippen molar-refractivity contribution in [2.45, 2.75) is 25.3 Å². The first-order valence-electron chi connectivity index (χ1n) is 8.06. The number of ether oxygens (including phenoxy) is 2. The lowest BCUT2D eigenvalue weighted by Gasteiger charge is -2.43. The van der Waals surface area contributed by atoms with Crippen molar-refractivity contribution < 1.29 is 27.4 Å². The predicted octanol–water partition coefficient (Wildman–Crippen LogP) is 2.71. The van der Waals surface area contributed by atoms with Crippen LogP contribution in [-0.2, 0) is 4.74 Å². The highest BCUT2D eigenvalue weighted by atomic mass is 19.4. The topological polar surface area (TPSA) is 67.5 Å². The van der Waals surface area contributed by atoms with Gasteiger partial charge in [-0.2, -0.15) is 5.10 Å². The Morgan fingerprint density at radius 1 is 1.28 bits per heavy atom. The van der Waals surface area contributed by atoms with Gasteiger partial charge >= 0.3 is 12.3 Å². The standard InChI is InChI=1S/C16H16F3N3O3/c17-16(18,19)25-10-1-2-11-12(7-10)20-21-14(11)15(23)24-13-8-22-5-3-9(13)4-6-22/h1-2,7,9,13H,3-6,8H2,(H,20,21)/t13-/m1/s1. The van der Waals surface area contributed by atoms with Crippen LogP contribution in [0.3, 0.4) is 0 Å². The summed E-state index contributed by atoms with van der Waals surface area (Å²) in [6, 6.07) is 3.67. The Hall–Kier alpha value is -2.29. The minimum atomic E-state index is -4.77. The van der Waals surface area contributed by atoms with Crippen molar-refractivity contribution in [1.82, 2.24) is 15.1 Å². The van der Waals surface area contributed by atoms with Crippen LogP contribution in [0, 0.1) is 5.92 Å². The van der Waals surface area contributed by atoms with E-state index in [4.69, 9.17) is 4.74 Å². The number of aromatic amines is 1. The maximum Gasteiger partial charge on any atom is 0.573 e. The van der Waals surface area contributed by atoms with E-state index in [9.17, 15) is 18.0 Å². The Kier molecular flexibility index (Phi) is 3.82. The molecule has 3 saturated heterocycles. The Morgan fingerprint density at radius 3 is 2.68 bits per heavy atom. The lowest BCUT2D eigenvalue weighted by Crippen LogP contribution is -2.51. The highest BCUT2D eigenvalue weighted by molar-refractivity contribution is 6.02. The number of hydrogen-bond donors (Lipinski definition) is 1. The van der Waals surface area contributed by atoms with Crippen LogP contribution in [0.15, 0.2) is 18.2 Å². The highest BCUT2D eigenvalue weighted by Gasteiger charge is 2.37. The molecule has 0 spiro atoms. The first-order valence-corrected chi connectivity index (χ1v) is 8.06. The van der Waals surface area contributed by atoms with Crippen LogP contribution >= 0.6 is 0 Å². The largest absolute Gasteiger partial charge is 0.573 e. The van der Waals surface area contributed by atoms with Gasteiger partial charge in [-0.3, -0.25) is 10.00 Å². The van der Waals surface area contributed by atoms with E-state index in [1.54, 1.807) is 0 Å². The predicted molar refractivity (Wildman–Crippen MR) is 81.1 cm³/mol. The molecule has 3 aliphatic rings. The molecule has 2 aromatic rings. The summed E-state index contributed by atoms with van der Waals surface area (Å²) in [5, 5.41) is 6.87. The van der Waals surface area contributed by atoms with Crippen molar-refractivity contribution in [2.24, 2.45) is 5.92 Å². The van der Waals surface area contributed by atoms with Gasteiger partial charge in [0, 0.05) is 18.0 Å². The molecule has 2 bridgehead atoms. The SMILES string of the molecule is O=C(O[C@@H]1CN2CCC1CC2)c1n[nH]c2cc(OC(F)(F)F)ccc12. The van der Waals surface area contributed by atoms with Gasteiger partial charge in [-0.05, 0) is 44.0 Å². The number of hydrogen-bond acceptors (Lipinski definition) is 5. The number of esters is 1. The summed E-state index contributed by atoms with van der Waals surface area (Å²) < 4.78 is 46.3. The Labute approximate surface area is 140 Å². The van der Waals surface area contributed by atoms with Gasteiger partial charge in [-0.25, -0.2) is 4.79 Å². The fourth-order valence-electron chi connectivity index (χ4n) is 3.59. The number of benzene rings is 1. The number of carbonyl (C=O) groups is 1. The van der Waals surface area contributed by atoms with Crippen molar-refractivity contribution in [3.8, 4) is 5.75 Å². The summed E-state index contributed by atoms with van der Waals surface area (Å²) in [5.74, 6) is -0.568. The van der Waals surface area contributed by atoms with Crippen LogP contribution in [0.1, 0.15) is 23.3 Å². The molecule has 3 aliphatic heterocycles. The maximum absolute atomic E-state index is 12.4. The molecule has 0 aliphatic carbocycles. The third kappa shape index (κ3) is 3.28. The first kappa shape index (κ1) is 16.2. The van der Waals surface area contributed by atoms with E-state index >= 15 is 0 Å². The molecule has 0 unspecified atom stereocenters. The second kappa shape index (κ2) is 5.91. The van der Waals surface area contributed by atoms with Crippen LogP contribution in [0.25, 0.3) is 10.9 Å². The zero-order chi connectivity index (χ0) is 17.6. The molecule has 1 atom stereocenters. The number of rotatable bonds is 3. The fourth-order valence-corrected chi connectivity index (χ4v) is 3.59. The lowest BCUT2D eigenvalue weighted by molar-refractivity contribution is -0.274. The summed E-state index contributed by atoms with van der Waals surface area (Å²) in [7, 11) is 0. The number of carbonyl (C=O) groups excluding carboxylic acids is 1. The zero-order valence-corrected chi connectivity index (χ0v) is 13.2. The quantitative estimate of drug-likeness (QED) is 0.858. The fraction of sp³-hybridized carbons (Fsp3) is 0.500. The Balaban J connectivity index is 1.52. The molecule has 5 rings (SSSR count). The normalized spacial score (nSPS) is 26.0. The summed E-state index contributed by atoms with van der Waals surface area (Å²) in [4.78, 5) is 14.7. The van der Waals surface area contributed by atoms with Crippen LogP contribution in [0.2, 0.25) is 0 Å². The van der Waals surface area contributed by atoms with Crippen molar-refractivity contribution in [1.29, 1.82) is 0 Å². The summed E-state index contributed by atoms with van der Waals surface area (Å²) in [6.07, 6.45) is -2.91. The van der Waals surface area contributed by atoms with E-state index in [1.807, 2.05) is 0 Å². The number of halogens is 3. The smallest absolute Gasteiger partial charge is 0.456 e. The van der Waals surface area contributed by atoms with E-state index in [-0.39, 0.29) is 23.1 Å². The number of nitrogens with zero attached hydrogens (tertiary/aromatic N) is 2. The molecule has 9 heteroatoms. The van der Waals surface area contributed by atoms with Gasteiger partial charge < -0.3 is 9.47 Å². The number of nitrogens with one attached hydrogen (secondary N) is 1. The van der Waals surface area contributed by atoms with E-state index in [0.29, 0.717) is 11.3 Å². The molecule has 0 saturated carbocycles. The van der Waals surface area contributed by atoms with Gasteiger partial charge in [0.15, 0.2) is 5.69 Å². The van der Waals surface area contributed by atoms with E-state index in [0.717, 1.165) is 44.6 Å².